The minimum Gasteiger partial charge on any atom is -0.368 e. The molecule has 0 saturated heterocycles. The van der Waals surface area contributed by atoms with Crippen LogP contribution in [0.1, 0.15) is 111 Å². The quantitative estimate of drug-likeness (QED) is 0.241. The van der Waals surface area contributed by atoms with E-state index in [1.54, 1.807) is 6.92 Å². The molecule has 2 unspecified atom stereocenters. The van der Waals surface area contributed by atoms with E-state index in [9.17, 15) is 0 Å². The summed E-state index contributed by atoms with van der Waals surface area (Å²) >= 11 is 0. The maximum atomic E-state index is 9.05. The van der Waals surface area contributed by atoms with Crippen LogP contribution in [0.2, 0.25) is 0 Å². The molecule has 0 aromatic carbocycles. The molecule has 0 heterocycles. The van der Waals surface area contributed by atoms with Gasteiger partial charge < -0.3 is 14.6 Å². The Morgan fingerprint density at radius 2 is 1.04 bits per heavy atom. The predicted molar refractivity (Wildman–Crippen MR) is 98.5 cm³/mol. The zero-order valence-corrected chi connectivity index (χ0v) is 16.0. The first-order valence-corrected chi connectivity index (χ1v) is 10.1. The van der Waals surface area contributed by atoms with Crippen LogP contribution >= 0.6 is 0 Å². The minimum absolute atomic E-state index is 0.308. The maximum Gasteiger partial charge on any atom is 0.157 e. The van der Waals surface area contributed by atoms with E-state index in [0.29, 0.717) is 0 Å². The molecule has 0 aliphatic heterocycles. The second kappa shape index (κ2) is 18.2. The number of hydrogen-bond acceptors (Lipinski definition) is 3. The van der Waals surface area contributed by atoms with Gasteiger partial charge in [-0.05, 0) is 20.3 Å². The molecular weight excluding hydrogens is 288 g/mol. The Kier molecular flexibility index (Phi) is 18.1. The smallest absolute Gasteiger partial charge is 0.157 e. The third-order valence-corrected chi connectivity index (χ3v) is 4.24. The van der Waals surface area contributed by atoms with Crippen molar-refractivity contribution in [2.75, 3.05) is 6.61 Å². The lowest BCUT2D eigenvalue weighted by Crippen LogP contribution is -2.19. The van der Waals surface area contributed by atoms with Gasteiger partial charge in [-0.1, -0.05) is 90.4 Å². The van der Waals surface area contributed by atoms with Crippen LogP contribution in [-0.4, -0.2) is 24.3 Å². The van der Waals surface area contributed by atoms with Crippen molar-refractivity contribution in [3.63, 3.8) is 0 Å². The van der Waals surface area contributed by atoms with Crippen molar-refractivity contribution in [3.8, 4) is 0 Å². The average Bonchev–Trinajstić information content (AvgIpc) is 2.50. The van der Waals surface area contributed by atoms with E-state index in [1.165, 1.54) is 83.5 Å². The number of hydrogen-bond donors (Lipinski definition) is 1. The third-order valence-electron chi connectivity index (χ3n) is 4.24. The summed E-state index contributed by atoms with van der Waals surface area (Å²) < 4.78 is 10.6. The van der Waals surface area contributed by atoms with Gasteiger partial charge in [0.15, 0.2) is 12.6 Å². The summed E-state index contributed by atoms with van der Waals surface area (Å²) in [7, 11) is 0. The molecule has 0 bridgehead atoms. The fourth-order valence-electron chi connectivity index (χ4n) is 2.86. The standard InChI is InChI=1S/C20H42O3/c1-4-5-6-7-8-9-10-11-12-13-14-15-16-17-18-22-20(3)23-19(2)21/h19-21H,4-18H2,1-3H3. The van der Waals surface area contributed by atoms with Crippen LogP contribution in [0.25, 0.3) is 0 Å². The van der Waals surface area contributed by atoms with Gasteiger partial charge in [-0.3, -0.25) is 0 Å². The van der Waals surface area contributed by atoms with Crippen molar-refractivity contribution < 1.29 is 14.6 Å². The summed E-state index contributed by atoms with van der Waals surface area (Å²) in [5.74, 6) is 0. The lowest BCUT2D eigenvalue weighted by Gasteiger charge is -2.15. The predicted octanol–water partition coefficient (Wildman–Crippen LogP) is 6.19. The number of rotatable bonds is 18. The second-order valence-corrected chi connectivity index (χ2v) is 6.77. The molecule has 0 spiro atoms. The first kappa shape index (κ1) is 22.9. The number of unbranched alkanes of at least 4 members (excludes halogenated alkanes) is 13. The molecule has 0 radical (unpaired) electrons. The van der Waals surface area contributed by atoms with E-state index >= 15 is 0 Å². The Morgan fingerprint density at radius 3 is 1.43 bits per heavy atom. The molecule has 0 aromatic rings. The molecule has 23 heavy (non-hydrogen) atoms. The van der Waals surface area contributed by atoms with Crippen molar-refractivity contribution in [1.82, 2.24) is 0 Å². The summed E-state index contributed by atoms with van der Waals surface area (Å²) in [6.07, 6.45) is 18.1. The fraction of sp³-hybridized carbons (Fsp3) is 1.00. The first-order valence-electron chi connectivity index (χ1n) is 10.1. The van der Waals surface area contributed by atoms with Gasteiger partial charge in [-0.25, -0.2) is 0 Å². The average molecular weight is 331 g/mol. The maximum absolute atomic E-state index is 9.05. The summed E-state index contributed by atoms with van der Waals surface area (Å²) in [5, 5.41) is 9.05. The Morgan fingerprint density at radius 1 is 0.652 bits per heavy atom. The Bertz CT molecular complexity index is 219. The largest absolute Gasteiger partial charge is 0.368 e. The van der Waals surface area contributed by atoms with Crippen LogP contribution in [-0.2, 0) is 9.47 Å². The van der Waals surface area contributed by atoms with Crippen molar-refractivity contribution in [2.24, 2.45) is 0 Å². The van der Waals surface area contributed by atoms with Crippen LogP contribution in [0.3, 0.4) is 0 Å². The Hall–Kier alpha value is -0.120. The zero-order valence-electron chi connectivity index (χ0n) is 16.0. The van der Waals surface area contributed by atoms with Crippen LogP contribution in [0.5, 0.6) is 0 Å². The lowest BCUT2D eigenvalue weighted by atomic mass is 10.0. The van der Waals surface area contributed by atoms with Crippen LogP contribution in [0.15, 0.2) is 0 Å². The Labute approximate surface area is 145 Å². The van der Waals surface area contributed by atoms with Gasteiger partial charge in [-0.15, -0.1) is 0 Å². The van der Waals surface area contributed by atoms with Gasteiger partial charge in [-0.2, -0.15) is 0 Å². The van der Waals surface area contributed by atoms with E-state index in [2.05, 4.69) is 6.92 Å². The highest BCUT2D eigenvalue weighted by Gasteiger charge is 2.04. The zero-order chi connectivity index (χ0) is 17.2. The number of aliphatic hydroxyl groups is 1. The highest BCUT2D eigenvalue weighted by atomic mass is 16.7. The molecule has 1 N–H and O–H groups in total. The van der Waals surface area contributed by atoms with Crippen LogP contribution in [0, 0.1) is 0 Å². The molecule has 0 fully saturated rings. The summed E-state index contributed by atoms with van der Waals surface area (Å²) in [6, 6.07) is 0. The lowest BCUT2D eigenvalue weighted by molar-refractivity contribution is -0.213. The number of aliphatic hydroxyl groups excluding tert-OH is 1. The molecule has 0 rings (SSSR count). The molecule has 0 aliphatic rings. The Balaban J connectivity index is 3.05. The molecule has 3 heteroatoms. The van der Waals surface area contributed by atoms with Gasteiger partial charge in [0.2, 0.25) is 0 Å². The molecule has 0 saturated carbocycles. The van der Waals surface area contributed by atoms with Crippen molar-refractivity contribution in [2.45, 2.75) is 123 Å². The van der Waals surface area contributed by atoms with E-state index in [4.69, 9.17) is 14.6 Å². The summed E-state index contributed by atoms with van der Waals surface area (Å²) in [4.78, 5) is 0. The highest BCUT2D eigenvalue weighted by Crippen LogP contribution is 2.13. The minimum atomic E-state index is -0.749. The van der Waals surface area contributed by atoms with Crippen molar-refractivity contribution in [1.29, 1.82) is 0 Å². The molecule has 2 atom stereocenters. The molecule has 0 aliphatic carbocycles. The molecule has 140 valence electrons. The monoisotopic (exact) mass is 330 g/mol. The topological polar surface area (TPSA) is 38.7 Å². The van der Waals surface area contributed by atoms with E-state index in [-0.39, 0.29) is 6.29 Å². The SMILES string of the molecule is CCCCCCCCCCCCCCCCOC(C)OC(C)O. The van der Waals surface area contributed by atoms with Gasteiger partial charge in [0, 0.05) is 6.61 Å². The van der Waals surface area contributed by atoms with Crippen LogP contribution in [0.4, 0.5) is 0 Å². The van der Waals surface area contributed by atoms with Crippen molar-refractivity contribution >= 4 is 0 Å². The fourth-order valence-corrected chi connectivity index (χ4v) is 2.86. The third kappa shape index (κ3) is 19.8. The molecule has 0 aromatic heterocycles. The van der Waals surface area contributed by atoms with E-state index in [0.717, 1.165) is 13.0 Å². The molecule has 3 nitrogen and oxygen atoms in total. The van der Waals surface area contributed by atoms with Gasteiger partial charge in [0.05, 0.1) is 0 Å². The highest BCUT2D eigenvalue weighted by molar-refractivity contribution is 4.49. The van der Waals surface area contributed by atoms with Gasteiger partial charge >= 0.3 is 0 Å². The van der Waals surface area contributed by atoms with Crippen LogP contribution < -0.4 is 0 Å². The summed E-state index contributed by atoms with van der Waals surface area (Å²) in [5.41, 5.74) is 0. The number of ether oxygens (including phenoxy) is 2. The van der Waals surface area contributed by atoms with Gasteiger partial charge in [0.25, 0.3) is 0 Å². The second-order valence-electron chi connectivity index (χ2n) is 6.77. The molecule has 0 amide bonds. The molecular formula is C20H42O3. The summed E-state index contributed by atoms with van der Waals surface area (Å²) in [6.45, 7) is 6.44. The van der Waals surface area contributed by atoms with Gasteiger partial charge in [0.1, 0.15) is 0 Å². The van der Waals surface area contributed by atoms with Crippen molar-refractivity contribution in [3.05, 3.63) is 0 Å². The first-order chi connectivity index (χ1) is 11.2. The normalized spacial score (nSPS) is 14.1. The van der Waals surface area contributed by atoms with E-state index in [1.807, 2.05) is 6.92 Å². The van der Waals surface area contributed by atoms with E-state index < -0.39 is 6.29 Å².